The monoisotopic (exact) mass is 256 g/mol. The fourth-order valence-corrected chi connectivity index (χ4v) is 2.70. The standard InChI is InChI=1S/C14H28N2O2/c1-6-15-14(5,13(17)18-7-2)10-16-8-11(3)12(4)9-16/h11-12,15H,6-10H2,1-5H3. The Balaban J connectivity index is 2.65. The average molecular weight is 256 g/mol. The Labute approximate surface area is 111 Å². The molecule has 0 aliphatic carbocycles. The summed E-state index contributed by atoms with van der Waals surface area (Å²) in [5, 5.41) is 3.28. The van der Waals surface area contributed by atoms with Gasteiger partial charge in [0.2, 0.25) is 0 Å². The van der Waals surface area contributed by atoms with E-state index >= 15 is 0 Å². The van der Waals surface area contributed by atoms with Crippen LogP contribution in [0.15, 0.2) is 0 Å². The zero-order valence-corrected chi connectivity index (χ0v) is 12.5. The maximum atomic E-state index is 12.1. The molecule has 1 rings (SSSR count). The molecule has 3 unspecified atom stereocenters. The first kappa shape index (κ1) is 15.4. The number of hydrogen-bond donors (Lipinski definition) is 1. The molecule has 0 bridgehead atoms. The van der Waals surface area contributed by atoms with Gasteiger partial charge in [-0.15, -0.1) is 0 Å². The summed E-state index contributed by atoms with van der Waals surface area (Å²) >= 11 is 0. The molecular formula is C14H28N2O2. The number of carbonyl (C=O) groups is 1. The summed E-state index contributed by atoms with van der Waals surface area (Å²) < 4.78 is 5.20. The fraction of sp³-hybridized carbons (Fsp3) is 0.929. The van der Waals surface area contributed by atoms with Gasteiger partial charge in [0.25, 0.3) is 0 Å². The molecule has 4 nitrogen and oxygen atoms in total. The zero-order chi connectivity index (χ0) is 13.8. The second-order valence-electron chi connectivity index (χ2n) is 5.73. The van der Waals surface area contributed by atoms with Gasteiger partial charge in [0, 0.05) is 19.6 Å². The van der Waals surface area contributed by atoms with Crippen molar-refractivity contribution in [2.45, 2.75) is 40.2 Å². The third-order valence-corrected chi connectivity index (χ3v) is 3.90. The molecule has 3 atom stereocenters. The van der Waals surface area contributed by atoms with E-state index < -0.39 is 5.54 Å². The van der Waals surface area contributed by atoms with E-state index in [1.54, 1.807) is 0 Å². The maximum absolute atomic E-state index is 12.1. The Bertz CT molecular complexity index is 273. The highest BCUT2D eigenvalue weighted by molar-refractivity contribution is 5.80. The summed E-state index contributed by atoms with van der Waals surface area (Å²) in [6.45, 7) is 14.5. The normalized spacial score (nSPS) is 28.1. The first-order chi connectivity index (χ1) is 8.42. The van der Waals surface area contributed by atoms with Crippen molar-refractivity contribution in [1.29, 1.82) is 0 Å². The largest absolute Gasteiger partial charge is 0.465 e. The second kappa shape index (κ2) is 6.53. The molecular weight excluding hydrogens is 228 g/mol. The summed E-state index contributed by atoms with van der Waals surface area (Å²) in [5.41, 5.74) is -0.589. The van der Waals surface area contributed by atoms with Crippen molar-refractivity contribution in [3.8, 4) is 0 Å². The van der Waals surface area contributed by atoms with Crippen molar-refractivity contribution in [3.63, 3.8) is 0 Å². The number of carbonyl (C=O) groups excluding carboxylic acids is 1. The molecule has 0 aromatic heterocycles. The molecule has 1 saturated heterocycles. The van der Waals surface area contributed by atoms with Crippen LogP contribution in [0.2, 0.25) is 0 Å². The van der Waals surface area contributed by atoms with Gasteiger partial charge in [-0.05, 0) is 32.2 Å². The van der Waals surface area contributed by atoms with Gasteiger partial charge in [-0.2, -0.15) is 0 Å². The van der Waals surface area contributed by atoms with Gasteiger partial charge in [0.15, 0.2) is 0 Å². The molecule has 0 aromatic rings. The predicted octanol–water partition coefficient (Wildman–Crippen LogP) is 1.51. The summed E-state index contributed by atoms with van der Waals surface area (Å²) in [6.07, 6.45) is 0. The van der Waals surface area contributed by atoms with Gasteiger partial charge in [-0.3, -0.25) is 4.79 Å². The Kier molecular flexibility index (Phi) is 5.60. The van der Waals surface area contributed by atoms with Crippen LogP contribution in [0, 0.1) is 11.8 Å². The van der Waals surface area contributed by atoms with Crippen LogP contribution in [0.5, 0.6) is 0 Å². The van der Waals surface area contributed by atoms with Crippen molar-refractivity contribution in [2.24, 2.45) is 11.8 Å². The quantitative estimate of drug-likeness (QED) is 0.731. The number of hydrogen-bond acceptors (Lipinski definition) is 4. The second-order valence-corrected chi connectivity index (χ2v) is 5.73. The molecule has 1 fully saturated rings. The number of nitrogens with zero attached hydrogens (tertiary/aromatic N) is 1. The van der Waals surface area contributed by atoms with E-state index in [9.17, 15) is 4.79 Å². The van der Waals surface area contributed by atoms with Crippen LogP contribution in [0.25, 0.3) is 0 Å². The molecule has 1 aliphatic rings. The molecule has 4 heteroatoms. The lowest BCUT2D eigenvalue weighted by atomic mass is 10.0. The van der Waals surface area contributed by atoms with Crippen LogP contribution < -0.4 is 5.32 Å². The number of nitrogens with one attached hydrogen (secondary N) is 1. The lowest BCUT2D eigenvalue weighted by molar-refractivity contribution is -0.151. The highest BCUT2D eigenvalue weighted by Crippen LogP contribution is 2.24. The number of likely N-dealkylation sites (N-methyl/N-ethyl adjacent to an activating group) is 1. The van der Waals surface area contributed by atoms with Crippen LogP contribution in [0.3, 0.4) is 0 Å². The number of esters is 1. The van der Waals surface area contributed by atoms with Crippen LogP contribution in [-0.2, 0) is 9.53 Å². The Morgan fingerprint density at radius 1 is 1.33 bits per heavy atom. The molecule has 1 N–H and O–H groups in total. The smallest absolute Gasteiger partial charge is 0.327 e. The van der Waals surface area contributed by atoms with E-state index in [0.29, 0.717) is 18.4 Å². The van der Waals surface area contributed by atoms with Crippen LogP contribution in [0.1, 0.15) is 34.6 Å². The van der Waals surface area contributed by atoms with Gasteiger partial charge in [0.1, 0.15) is 5.54 Å². The van der Waals surface area contributed by atoms with E-state index in [0.717, 1.165) is 26.2 Å². The Hall–Kier alpha value is -0.610. The van der Waals surface area contributed by atoms with Crippen LogP contribution in [0.4, 0.5) is 0 Å². The Morgan fingerprint density at radius 2 is 1.89 bits per heavy atom. The number of ether oxygens (including phenoxy) is 1. The molecule has 0 saturated carbocycles. The summed E-state index contributed by atoms with van der Waals surface area (Å²) in [5.74, 6) is 1.27. The van der Waals surface area contributed by atoms with E-state index in [1.165, 1.54) is 0 Å². The minimum Gasteiger partial charge on any atom is -0.465 e. The van der Waals surface area contributed by atoms with E-state index in [4.69, 9.17) is 4.74 Å². The van der Waals surface area contributed by atoms with E-state index in [2.05, 4.69) is 24.1 Å². The molecule has 1 aliphatic heterocycles. The lowest BCUT2D eigenvalue weighted by Crippen LogP contribution is -2.57. The molecule has 0 amide bonds. The van der Waals surface area contributed by atoms with Gasteiger partial charge in [0.05, 0.1) is 6.61 Å². The van der Waals surface area contributed by atoms with E-state index in [1.807, 2.05) is 20.8 Å². The number of rotatable bonds is 6. The van der Waals surface area contributed by atoms with Crippen molar-refractivity contribution in [1.82, 2.24) is 10.2 Å². The van der Waals surface area contributed by atoms with Crippen molar-refractivity contribution in [3.05, 3.63) is 0 Å². The summed E-state index contributed by atoms with van der Waals surface area (Å²) in [7, 11) is 0. The third-order valence-electron chi connectivity index (χ3n) is 3.90. The topological polar surface area (TPSA) is 41.6 Å². The SMILES string of the molecule is CCNC(C)(CN1CC(C)C(C)C1)C(=O)OCC. The van der Waals surface area contributed by atoms with Crippen molar-refractivity contribution in [2.75, 3.05) is 32.8 Å². The van der Waals surface area contributed by atoms with Crippen LogP contribution >= 0.6 is 0 Å². The molecule has 1 heterocycles. The maximum Gasteiger partial charge on any atom is 0.327 e. The summed E-state index contributed by atoms with van der Waals surface area (Å²) in [4.78, 5) is 14.5. The minimum atomic E-state index is -0.589. The van der Waals surface area contributed by atoms with Crippen LogP contribution in [-0.4, -0.2) is 49.2 Å². The number of likely N-dealkylation sites (tertiary alicyclic amines) is 1. The summed E-state index contributed by atoms with van der Waals surface area (Å²) in [6, 6.07) is 0. The molecule has 106 valence electrons. The van der Waals surface area contributed by atoms with Gasteiger partial charge in [-0.25, -0.2) is 0 Å². The molecule has 0 spiro atoms. The van der Waals surface area contributed by atoms with Crippen molar-refractivity contribution < 1.29 is 9.53 Å². The third kappa shape index (κ3) is 3.69. The molecule has 0 aromatic carbocycles. The average Bonchev–Trinajstić information content (AvgIpc) is 2.58. The van der Waals surface area contributed by atoms with Gasteiger partial charge >= 0.3 is 5.97 Å². The molecule has 18 heavy (non-hydrogen) atoms. The van der Waals surface area contributed by atoms with E-state index in [-0.39, 0.29) is 5.97 Å². The zero-order valence-electron chi connectivity index (χ0n) is 12.5. The fourth-order valence-electron chi connectivity index (χ4n) is 2.70. The Morgan fingerprint density at radius 3 is 2.33 bits per heavy atom. The van der Waals surface area contributed by atoms with Crippen molar-refractivity contribution >= 4 is 5.97 Å². The first-order valence-electron chi connectivity index (χ1n) is 7.07. The highest BCUT2D eigenvalue weighted by atomic mass is 16.5. The highest BCUT2D eigenvalue weighted by Gasteiger charge is 2.38. The van der Waals surface area contributed by atoms with Gasteiger partial charge in [-0.1, -0.05) is 20.8 Å². The minimum absolute atomic E-state index is 0.140. The van der Waals surface area contributed by atoms with Gasteiger partial charge < -0.3 is 15.0 Å². The molecule has 0 radical (unpaired) electrons. The lowest BCUT2D eigenvalue weighted by Gasteiger charge is -2.32. The first-order valence-corrected chi connectivity index (χ1v) is 7.07. The predicted molar refractivity (Wildman–Crippen MR) is 73.5 cm³/mol.